The number of nitrogens with zero attached hydrogens (tertiary/aromatic N) is 1. The fraction of sp³-hybridized carbons (Fsp3) is 0.350. The summed E-state index contributed by atoms with van der Waals surface area (Å²) in [6, 6.07) is 9.47. The fourth-order valence-corrected chi connectivity index (χ4v) is 4.27. The number of benzene rings is 2. The quantitative estimate of drug-likeness (QED) is 0.792. The molecule has 3 rings (SSSR count). The molecule has 4 nitrogen and oxygen atoms in total. The lowest BCUT2D eigenvalue weighted by Crippen LogP contribution is -2.21. The molecule has 144 valence electrons. The van der Waals surface area contributed by atoms with Crippen molar-refractivity contribution in [3.63, 3.8) is 0 Å². The second-order valence-electron chi connectivity index (χ2n) is 7.55. The third kappa shape index (κ3) is 4.18. The molecule has 1 aliphatic heterocycles. The minimum atomic E-state index is -3.61. The van der Waals surface area contributed by atoms with E-state index >= 15 is 0 Å². The van der Waals surface area contributed by atoms with Gasteiger partial charge in [-0.25, -0.2) is 22.2 Å². The Morgan fingerprint density at radius 3 is 2.22 bits per heavy atom. The number of rotatable bonds is 4. The summed E-state index contributed by atoms with van der Waals surface area (Å²) in [5.41, 5.74) is 0.581. The summed E-state index contributed by atoms with van der Waals surface area (Å²) >= 11 is 0. The van der Waals surface area contributed by atoms with Crippen LogP contribution in [0.15, 0.2) is 52.4 Å². The van der Waals surface area contributed by atoms with Crippen LogP contribution < -0.4 is 0 Å². The van der Waals surface area contributed by atoms with Crippen LogP contribution in [-0.2, 0) is 20.0 Å². The SMILES string of the molecule is CC(C)(C)c1ccc(S(=O)(=O)CC2COC(c3c(F)cccc3F)=N2)cc1. The van der Waals surface area contributed by atoms with Crippen LogP contribution in [-0.4, -0.2) is 32.7 Å². The molecule has 27 heavy (non-hydrogen) atoms. The van der Waals surface area contributed by atoms with Crippen LogP contribution >= 0.6 is 0 Å². The topological polar surface area (TPSA) is 55.7 Å². The molecular formula is C20H21F2NO3S. The molecule has 0 saturated carbocycles. The standard InChI is InChI=1S/C20H21F2NO3S/c1-20(2,3)13-7-9-15(10-8-13)27(24,25)12-14-11-26-19(23-14)18-16(21)5-4-6-17(18)22/h4-10,14H,11-12H2,1-3H3. The van der Waals surface area contributed by atoms with Crippen LogP contribution in [0.2, 0.25) is 0 Å². The number of hydrogen-bond acceptors (Lipinski definition) is 4. The first kappa shape index (κ1) is 19.5. The molecular weight excluding hydrogens is 372 g/mol. The molecule has 1 aliphatic rings. The van der Waals surface area contributed by atoms with Crippen molar-refractivity contribution in [2.45, 2.75) is 37.1 Å². The highest BCUT2D eigenvalue weighted by molar-refractivity contribution is 7.91. The van der Waals surface area contributed by atoms with Crippen molar-refractivity contribution >= 4 is 15.7 Å². The molecule has 7 heteroatoms. The largest absolute Gasteiger partial charge is 0.475 e. The summed E-state index contributed by atoms with van der Waals surface area (Å²) < 4.78 is 58.3. The van der Waals surface area contributed by atoms with E-state index in [2.05, 4.69) is 4.99 Å². The van der Waals surface area contributed by atoms with Gasteiger partial charge in [-0.05, 0) is 35.2 Å². The normalized spacial score (nSPS) is 17.5. The van der Waals surface area contributed by atoms with Gasteiger partial charge in [0.1, 0.15) is 29.8 Å². The van der Waals surface area contributed by atoms with Crippen LogP contribution in [0.1, 0.15) is 31.9 Å². The molecule has 0 aromatic heterocycles. The van der Waals surface area contributed by atoms with Gasteiger partial charge in [-0.1, -0.05) is 39.0 Å². The highest BCUT2D eigenvalue weighted by Gasteiger charge is 2.29. The molecule has 0 aliphatic carbocycles. The Morgan fingerprint density at radius 2 is 1.67 bits per heavy atom. The Bertz CT molecular complexity index is 957. The Kier molecular flexibility index (Phi) is 5.08. The average Bonchev–Trinajstić information content (AvgIpc) is 3.01. The Balaban J connectivity index is 1.80. The van der Waals surface area contributed by atoms with Crippen molar-refractivity contribution in [2.24, 2.45) is 4.99 Å². The summed E-state index contributed by atoms with van der Waals surface area (Å²) in [5, 5.41) is 0. The lowest BCUT2D eigenvalue weighted by Gasteiger charge is -2.19. The first-order chi connectivity index (χ1) is 12.6. The molecule has 0 fully saturated rings. The Hall–Kier alpha value is -2.28. The molecule has 0 saturated heterocycles. The molecule has 0 spiro atoms. The summed E-state index contributed by atoms with van der Waals surface area (Å²) in [6.45, 7) is 6.10. The minimum Gasteiger partial charge on any atom is -0.475 e. The van der Waals surface area contributed by atoms with Gasteiger partial charge < -0.3 is 4.74 Å². The fourth-order valence-electron chi connectivity index (χ4n) is 2.85. The van der Waals surface area contributed by atoms with E-state index < -0.39 is 27.5 Å². The highest BCUT2D eigenvalue weighted by atomic mass is 32.2. The predicted molar refractivity (Wildman–Crippen MR) is 99.8 cm³/mol. The summed E-state index contributed by atoms with van der Waals surface area (Å²) in [5.74, 6) is -2.08. The van der Waals surface area contributed by atoms with Crippen molar-refractivity contribution in [1.82, 2.24) is 0 Å². The molecule has 1 heterocycles. The van der Waals surface area contributed by atoms with Gasteiger partial charge in [0.05, 0.1) is 10.6 Å². The number of hydrogen-bond donors (Lipinski definition) is 0. The number of aliphatic imine (C=N–C) groups is 1. The van der Waals surface area contributed by atoms with Crippen molar-refractivity contribution in [3.05, 3.63) is 65.2 Å². The minimum absolute atomic E-state index is 0.0393. The van der Waals surface area contributed by atoms with Crippen molar-refractivity contribution in [1.29, 1.82) is 0 Å². The van der Waals surface area contributed by atoms with Crippen molar-refractivity contribution in [2.75, 3.05) is 12.4 Å². The van der Waals surface area contributed by atoms with Gasteiger partial charge in [0.2, 0.25) is 5.90 Å². The Morgan fingerprint density at radius 1 is 1.07 bits per heavy atom. The van der Waals surface area contributed by atoms with E-state index in [1.165, 1.54) is 6.07 Å². The maximum atomic E-state index is 13.8. The van der Waals surface area contributed by atoms with E-state index in [1.54, 1.807) is 24.3 Å². The number of sulfone groups is 1. The molecule has 0 amide bonds. The summed E-state index contributed by atoms with van der Waals surface area (Å²) in [4.78, 5) is 4.27. The first-order valence-corrected chi connectivity index (χ1v) is 10.2. The van der Waals surface area contributed by atoms with Gasteiger partial charge in [0.15, 0.2) is 9.84 Å². The van der Waals surface area contributed by atoms with Gasteiger partial charge >= 0.3 is 0 Å². The van der Waals surface area contributed by atoms with Crippen LogP contribution in [0.25, 0.3) is 0 Å². The zero-order chi connectivity index (χ0) is 19.8. The third-order valence-corrected chi connectivity index (χ3v) is 6.19. The molecule has 0 N–H and O–H groups in total. The van der Waals surface area contributed by atoms with E-state index in [0.717, 1.165) is 17.7 Å². The van der Waals surface area contributed by atoms with Gasteiger partial charge in [-0.15, -0.1) is 0 Å². The van der Waals surface area contributed by atoms with Crippen molar-refractivity contribution < 1.29 is 21.9 Å². The zero-order valence-corrected chi connectivity index (χ0v) is 16.2. The van der Waals surface area contributed by atoms with Crippen LogP contribution in [0.4, 0.5) is 8.78 Å². The lowest BCUT2D eigenvalue weighted by molar-refractivity contribution is 0.322. The van der Waals surface area contributed by atoms with Crippen LogP contribution in [0.5, 0.6) is 0 Å². The van der Waals surface area contributed by atoms with Gasteiger partial charge in [-0.3, -0.25) is 0 Å². The first-order valence-electron chi connectivity index (χ1n) is 8.56. The molecule has 0 bridgehead atoms. The lowest BCUT2D eigenvalue weighted by atomic mass is 9.87. The second kappa shape index (κ2) is 7.03. The average molecular weight is 393 g/mol. The van der Waals surface area contributed by atoms with E-state index in [0.29, 0.717) is 0 Å². The van der Waals surface area contributed by atoms with E-state index in [9.17, 15) is 17.2 Å². The molecule has 2 aromatic rings. The van der Waals surface area contributed by atoms with E-state index in [1.807, 2.05) is 20.8 Å². The van der Waals surface area contributed by atoms with E-state index in [-0.39, 0.29) is 34.1 Å². The smallest absolute Gasteiger partial charge is 0.222 e. The summed E-state index contributed by atoms with van der Waals surface area (Å²) in [7, 11) is -3.61. The second-order valence-corrected chi connectivity index (χ2v) is 9.59. The zero-order valence-electron chi connectivity index (χ0n) is 15.4. The van der Waals surface area contributed by atoms with Crippen LogP contribution in [0, 0.1) is 11.6 Å². The molecule has 2 aromatic carbocycles. The number of halogens is 2. The molecule has 0 radical (unpaired) electrons. The van der Waals surface area contributed by atoms with Gasteiger partial charge in [-0.2, -0.15) is 0 Å². The van der Waals surface area contributed by atoms with Crippen molar-refractivity contribution in [3.8, 4) is 0 Å². The molecule has 1 unspecified atom stereocenters. The van der Waals surface area contributed by atoms with Crippen LogP contribution in [0.3, 0.4) is 0 Å². The van der Waals surface area contributed by atoms with Gasteiger partial charge in [0.25, 0.3) is 0 Å². The number of ether oxygens (including phenoxy) is 1. The monoisotopic (exact) mass is 393 g/mol. The van der Waals surface area contributed by atoms with E-state index in [4.69, 9.17) is 4.74 Å². The molecule has 1 atom stereocenters. The highest BCUT2D eigenvalue weighted by Crippen LogP contribution is 2.25. The predicted octanol–water partition coefficient (Wildman–Crippen LogP) is 3.88. The maximum absolute atomic E-state index is 13.8. The summed E-state index contributed by atoms with van der Waals surface area (Å²) in [6.07, 6.45) is 0. The Labute approximate surface area is 157 Å². The van der Waals surface area contributed by atoms with Gasteiger partial charge in [0, 0.05) is 0 Å². The maximum Gasteiger partial charge on any atom is 0.222 e. The third-order valence-electron chi connectivity index (χ3n) is 4.38.